The normalized spacial score (nSPS) is 24.4. The van der Waals surface area contributed by atoms with Crippen molar-refractivity contribution < 1.29 is 19.1 Å². The maximum absolute atomic E-state index is 13.4. The Kier molecular flexibility index (Phi) is 4.79. The molecule has 7 nitrogen and oxygen atoms in total. The number of allylic oxidation sites excluding steroid dienone is 1. The van der Waals surface area contributed by atoms with E-state index in [1.807, 2.05) is 30.3 Å². The molecule has 2 N–H and O–H groups in total. The molecule has 31 heavy (non-hydrogen) atoms. The Labute approximate surface area is 184 Å². The van der Waals surface area contributed by atoms with E-state index >= 15 is 0 Å². The van der Waals surface area contributed by atoms with Crippen LogP contribution in [0.3, 0.4) is 0 Å². The molecule has 2 aliphatic heterocycles. The SMILES string of the molecule is COCCN1C(=O)NC(=O)C2C(c3ccc(Cl)cc3)C3=C(NC21)c1ccccc1C3=O. The van der Waals surface area contributed by atoms with Crippen molar-refractivity contribution in [1.29, 1.82) is 0 Å². The first kappa shape index (κ1) is 19.8. The number of carbonyl (C=O) groups is 3. The number of nitrogens with zero attached hydrogens (tertiary/aromatic N) is 1. The van der Waals surface area contributed by atoms with Crippen molar-refractivity contribution >= 4 is 35.0 Å². The Hall–Kier alpha value is -3.16. The highest BCUT2D eigenvalue weighted by atomic mass is 35.5. The lowest BCUT2D eigenvalue weighted by Gasteiger charge is -2.47. The van der Waals surface area contributed by atoms with Crippen LogP contribution in [-0.4, -0.2) is 49.0 Å². The molecule has 0 spiro atoms. The fourth-order valence-corrected chi connectivity index (χ4v) is 4.91. The lowest BCUT2D eigenvalue weighted by Crippen LogP contribution is -2.67. The molecular formula is C23H20ClN3O4. The van der Waals surface area contributed by atoms with Crippen LogP contribution in [0.1, 0.15) is 27.4 Å². The van der Waals surface area contributed by atoms with Gasteiger partial charge in [0.2, 0.25) is 5.91 Å². The van der Waals surface area contributed by atoms with Crippen molar-refractivity contribution in [2.45, 2.75) is 12.1 Å². The first-order valence-electron chi connectivity index (χ1n) is 10.0. The van der Waals surface area contributed by atoms with E-state index in [1.54, 1.807) is 30.2 Å². The molecule has 8 heteroatoms. The molecule has 2 aromatic carbocycles. The van der Waals surface area contributed by atoms with Gasteiger partial charge in [-0.25, -0.2) is 4.79 Å². The number of halogens is 1. The zero-order valence-corrected chi connectivity index (χ0v) is 17.5. The Morgan fingerprint density at radius 2 is 1.74 bits per heavy atom. The Morgan fingerprint density at radius 1 is 1.03 bits per heavy atom. The average Bonchev–Trinajstić information content (AvgIpc) is 3.05. The number of urea groups is 1. The molecule has 3 unspecified atom stereocenters. The Morgan fingerprint density at radius 3 is 2.45 bits per heavy atom. The number of ketones is 1. The molecule has 0 saturated carbocycles. The lowest BCUT2D eigenvalue weighted by atomic mass is 9.73. The summed E-state index contributed by atoms with van der Waals surface area (Å²) >= 11 is 6.09. The van der Waals surface area contributed by atoms with Gasteiger partial charge in [-0.1, -0.05) is 48.0 Å². The van der Waals surface area contributed by atoms with Gasteiger partial charge in [-0.15, -0.1) is 0 Å². The molecule has 1 aliphatic carbocycles. The van der Waals surface area contributed by atoms with E-state index in [-0.39, 0.29) is 5.78 Å². The first-order chi connectivity index (χ1) is 15.0. The molecule has 0 bridgehead atoms. The maximum atomic E-state index is 13.4. The first-order valence-corrected chi connectivity index (χ1v) is 10.4. The van der Waals surface area contributed by atoms with Gasteiger partial charge in [0.25, 0.3) is 0 Å². The van der Waals surface area contributed by atoms with Gasteiger partial charge < -0.3 is 15.0 Å². The highest BCUT2D eigenvalue weighted by Crippen LogP contribution is 2.48. The van der Waals surface area contributed by atoms with Crippen molar-refractivity contribution in [3.63, 3.8) is 0 Å². The molecule has 5 rings (SSSR count). The van der Waals surface area contributed by atoms with Crippen LogP contribution in [0.25, 0.3) is 5.70 Å². The zero-order chi connectivity index (χ0) is 21.7. The fraction of sp³-hybridized carbons (Fsp3) is 0.261. The maximum Gasteiger partial charge on any atom is 0.325 e. The predicted molar refractivity (Wildman–Crippen MR) is 114 cm³/mol. The van der Waals surface area contributed by atoms with E-state index in [4.69, 9.17) is 16.3 Å². The molecule has 0 aromatic heterocycles. The Balaban J connectivity index is 1.69. The number of fused-ring (bicyclic) bond motifs is 3. The number of benzene rings is 2. The van der Waals surface area contributed by atoms with Crippen molar-refractivity contribution in [2.24, 2.45) is 5.92 Å². The number of rotatable bonds is 4. The monoisotopic (exact) mass is 437 g/mol. The summed E-state index contributed by atoms with van der Waals surface area (Å²) in [6, 6.07) is 14.0. The lowest BCUT2D eigenvalue weighted by molar-refractivity contribution is -0.129. The van der Waals surface area contributed by atoms with Crippen LogP contribution in [0.15, 0.2) is 54.1 Å². The van der Waals surface area contributed by atoms with Crippen LogP contribution < -0.4 is 10.6 Å². The van der Waals surface area contributed by atoms with Gasteiger partial charge in [0.05, 0.1) is 18.2 Å². The number of nitrogens with one attached hydrogen (secondary N) is 2. The van der Waals surface area contributed by atoms with Gasteiger partial charge >= 0.3 is 6.03 Å². The summed E-state index contributed by atoms with van der Waals surface area (Å²) in [5.41, 5.74) is 3.39. The highest BCUT2D eigenvalue weighted by Gasteiger charge is 2.53. The molecule has 2 heterocycles. The topological polar surface area (TPSA) is 87.7 Å². The van der Waals surface area contributed by atoms with Crippen LogP contribution in [-0.2, 0) is 9.53 Å². The van der Waals surface area contributed by atoms with Gasteiger partial charge in [0.1, 0.15) is 6.17 Å². The van der Waals surface area contributed by atoms with E-state index in [9.17, 15) is 14.4 Å². The molecule has 1 fully saturated rings. The predicted octanol–water partition coefficient (Wildman–Crippen LogP) is 2.77. The number of ether oxygens (including phenoxy) is 1. The summed E-state index contributed by atoms with van der Waals surface area (Å²) < 4.78 is 5.17. The van der Waals surface area contributed by atoms with Crippen LogP contribution in [0.5, 0.6) is 0 Å². The van der Waals surface area contributed by atoms with Gasteiger partial charge in [-0.2, -0.15) is 0 Å². The molecule has 3 atom stereocenters. The summed E-state index contributed by atoms with van der Waals surface area (Å²) in [4.78, 5) is 40.7. The second kappa shape index (κ2) is 7.51. The van der Waals surface area contributed by atoms with E-state index < -0.39 is 29.9 Å². The summed E-state index contributed by atoms with van der Waals surface area (Å²) in [5.74, 6) is -1.74. The number of Topliss-reactive ketones (excluding diaryl/α,β-unsaturated/α-hetero) is 1. The second-order valence-corrected chi connectivity index (χ2v) is 8.22. The van der Waals surface area contributed by atoms with Crippen LogP contribution in [0.4, 0.5) is 4.79 Å². The molecule has 3 amide bonds. The zero-order valence-electron chi connectivity index (χ0n) is 16.7. The molecule has 3 aliphatic rings. The number of methoxy groups -OCH3 is 1. The summed E-state index contributed by atoms with van der Waals surface area (Å²) in [6.45, 7) is 0.620. The van der Waals surface area contributed by atoms with E-state index in [1.165, 1.54) is 0 Å². The molecule has 0 radical (unpaired) electrons. The van der Waals surface area contributed by atoms with Crippen molar-refractivity contribution in [1.82, 2.24) is 15.5 Å². The third-order valence-corrected chi connectivity index (χ3v) is 6.40. The highest BCUT2D eigenvalue weighted by molar-refractivity contribution is 6.30. The molecular weight excluding hydrogens is 418 g/mol. The van der Waals surface area contributed by atoms with E-state index in [0.717, 1.165) is 11.1 Å². The molecule has 2 aromatic rings. The minimum absolute atomic E-state index is 0.107. The largest absolute Gasteiger partial charge is 0.383 e. The minimum Gasteiger partial charge on any atom is -0.383 e. The van der Waals surface area contributed by atoms with Gasteiger partial charge in [-0.3, -0.25) is 14.9 Å². The van der Waals surface area contributed by atoms with Gasteiger partial charge in [0.15, 0.2) is 5.78 Å². The van der Waals surface area contributed by atoms with Crippen LogP contribution in [0.2, 0.25) is 5.02 Å². The standard InChI is InChI=1S/C23H20ClN3O4/c1-31-11-10-27-21-18(22(29)26-23(27)30)16(12-6-8-13(24)9-7-12)17-19(25-21)14-4-2-3-5-15(14)20(17)28/h2-9,16,18,21,25H,10-11H2,1H3,(H,26,29,30). The van der Waals surface area contributed by atoms with Crippen LogP contribution >= 0.6 is 11.6 Å². The van der Waals surface area contributed by atoms with Crippen molar-refractivity contribution in [2.75, 3.05) is 20.3 Å². The second-order valence-electron chi connectivity index (χ2n) is 7.79. The number of hydrogen-bond donors (Lipinski definition) is 2. The third-order valence-electron chi connectivity index (χ3n) is 6.15. The van der Waals surface area contributed by atoms with Crippen molar-refractivity contribution in [3.05, 3.63) is 75.8 Å². The van der Waals surface area contributed by atoms with Gasteiger partial charge in [-0.05, 0) is 17.7 Å². The quantitative estimate of drug-likeness (QED) is 0.768. The summed E-state index contributed by atoms with van der Waals surface area (Å²) in [5, 5.41) is 6.38. The summed E-state index contributed by atoms with van der Waals surface area (Å²) in [7, 11) is 1.56. The van der Waals surface area contributed by atoms with Crippen molar-refractivity contribution in [3.8, 4) is 0 Å². The minimum atomic E-state index is -0.687. The summed E-state index contributed by atoms with van der Waals surface area (Å²) in [6.07, 6.45) is -0.616. The van der Waals surface area contributed by atoms with E-state index in [2.05, 4.69) is 10.6 Å². The Bertz CT molecular complexity index is 1130. The smallest absolute Gasteiger partial charge is 0.325 e. The molecule has 158 valence electrons. The fourth-order valence-electron chi connectivity index (χ4n) is 4.78. The number of hydrogen-bond acceptors (Lipinski definition) is 5. The number of imide groups is 1. The van der Waals surface area contributed by atoms with E-state index in [0.29, 0.717) is 35.0 Å². The third kappa shape index (κ3) is 3.04. The van der Waals surface area contributed by atoms with Gasteiger partial charge in [0, 0.05) is 41.3 Å². The number of carbonyl (C=O) groups excluding carboxylic acids is 3. The molecule has 1 saturated heterocycles. The van der Waals surface area contributed by atoms with Crippen LogP contribution in [0, 0.1) is 5.92 Å². The number of amides is 3. The average molecular weight is 438 g/mol.